The van der Waals surface area contributed by atoms with Gasteiger partial charge in [-0.3, -0.25) is 9.58 Å². The van der Waals surface area contributed by atoms with Gasteiger partial charge in [-0.15, -0.1) is 0 Å². The minimum Gasteiger partial charge on any atom is -0.386 e. The molecule has 1 aromatic carbocycles. The summed E-state index contributed by atoms with van der Waals surface area (Å²) in [5.41, 5.74) is 2.79. The van der Waals surface area contributed by atoms with Crippen molar-refractivity contribution in [3.8, 4) is 0 Å². The largest absolute Gasteiger partial charge is 0.386 e. The monoisotopic (exact) mass is 367 g/mol. The van der Waals surface area contributed by atoms with Crippen LogP contribution in [0, 0.1) is 12.7 Å². The van der Waals surface area contributed by atoms with Gasteiger partial charge in [0.25, 0.3) is 0 Å². The Balaban J connectivity index is 1.71. The van der Waals surface area contributed by atoms with E-state index in [9.17, 15) is 17.9 Å². The molecular formula is C17H22FN3O3S. The van der Waals surface area contributed by atoms with Crippen LogP contribution in [0.15, 0.2) is 24.3 Å². The fraction of sp³-hybridized carbons (Fsp3) is 0.471. The third-order valence-electron chi connectivity index (χ3n) is 4.30. The van der Waals surface area contributed by atoms with Gasteiger partial charge >= 0.3 is 0 Å². The van der Waals surface area contributed by atoms with Crippen LogP contribution in [0.3, 0.4) is 0 Å². The molecule has 6 nitrogen and oxygen atoms in total. The highest BCUT2D eigenvalue weighted by Gasteiger charge is 2.23. The molecule has 0 saturated carbocycles. The molecule has 1 aromatic heterocycles. The fourth-order valence-corrected chi connectivity index (χ4v) is 3.78. The van der Waals surface area contributed by atoms with Gasteiger partial charge in [-0.25, -0.2) is 12.8 Å². The van der Waals surface area contributed by atoms with Crippen LogP contribution >= 0.6 is 0 Å². The Morgan fingerprint density at radius 1 is 1.32 bits per heavy atom. The summed E-state index contributed by atoms with van der Waals surface area (Å²) >= 11 is 0. The third-order valence-corrected chi connectivity index (χ3v) is 5.22. The standard InChI is InChI=1S/C17H22FN3O3S/c1-12-3-4-13(15(18)7-12)9-20-5-6-21-14(10-20)8-16(19-21)17(22)11-25(2,23)24/h3-4,7-8,17,22H,5-6,9-11H2,1-2H3/t17-/m1/s1. The van der Waals surface area contributed by atoms with Gasteiger partial charge in [0.15, 0.2) is 0 Å². The third kappa shape index (κ3) is 4.45. The lowest BCUT2D eigenvalue weighted by Gasteiger charge is -2.27. The van der Waals surface area contributed by atoms with E-state index in [-0.39, 0.29) is 11.6 Å². The van der Waals surface area contributed by atoms with Crippen molar-refractivity contribution in [2.45, 2.75) is 32.7 Å². The first-order valence-electron chi connectivity index (χ1n) is 8.11. The molecule has 0 saturated heterocycles. The van der Waals surface area contributed by atoms with Gasteiger partial charge in [0.2, 0.25) is 0 Å². The van der Waals surface area contributed by atoms with Crippen LogP contribution in [0.4, 0.5) is 4.39 Å². The number of rotatable bonds is 5. The van der Waals surface area contributed by atoms with Gasteiger partial charge in [0.1, 0.15) is 21.8 Å². The molecule has 136 valence electrons. The number of hydrogen-bond acceptors (Lipinski definition) is 5. The first-order chi connectivity index (χ1) is 11.7. The highest BCUT2D eigenvalue weighted by molar-refractivity contribution is 7.90. The molecule has 0 bridgehead atoms. The van der Waals surface area contributed by atoms with E-state index in [1.165, 1.54) is 6.07 Å². The van der Waals surface area contributed by atoms with E-state index in [4.69, 9.17) is 0 Å². The Labute approximate surface area is 146 Å². The second-order valence-corrected chi connectivity index (χ2v) is 8.88. The quantitative estimate of drug-likeness (QED) is 0.865. The number of aliphatic hydroxyl groups is 1. The molecule has 0 spiro atoms. The molecule has 0 amide bonds. The zero-order chi connectivity index (χ0) is 18.2. The van der Waals surface area contributed by atoms with Crippen LogP contribution in [-0.4, -0.2) is 46.8 Å². The van der Waals surface area contributed by atoms with E-state index in [1.807, 2.05) is 13.0 Å². The average molecular weight is 367 g/mol. The molecule has 1 N–H and O–H groups in total. The molecule has 0 fully saturated rings. The summed E-state index contributed by atoms with van der Waals surface area (Å²) in [5.74, 6) is -0.551. The Bertz CT molecular complexity index is 879. The van der Waals surface area contributed by atoms with Crippen molar-refractivity contribution in [1.29, 1.82) is 0 Å². The maximum atomic E-state index is 14.0. The van der Waals surface area contributed by atoms with Crippen LogP contribution in [0.25, 0.3) is 0 Å². The minimum absolute atomic E-state index is 0.205. The molecule has 2 heterocycles. The molecular weight excluding hydrogens is 345 g/mol. The number of aryl methyl sites for hydroxylation is 1. The number of halogens is 1. The Kier molecular flexibility index (Phi) is 4.95. The van der Waals surface area contributed by atoms with Crippen LogP contribution in [0.2, 0.25) is 0 Å². The Hall–Kier alpha value is -1.77. The van der Waals surface area contributed by atoms with E-state index in [0.717, 1.165) is 17.5 Å². The molecule has 1 aliphatic heterocycles. The normalized spacial score (nSPS) is 16.6. The molecule has 3 rings (SSSR count). The average Bonchev–Trinajstić information content (AvgIpc) is 2.92. The SMILES string of the molecule is Cc1ccc(CN2CCn3nc([C@H](O)CS(C)(=O)=O)cc3C2)c(F)c1. The fourth-order valence-electron chi connectivity index (χ4n) is 3.03. The van der Waals surface area contributed by atoms with Gasteiger partial charge < -0.3 is 5.11 Å². The van der Waals surface area contributed by atoms with E-state index < -0.39 is 15.9 Å². The Morgan fingerprint density at radius 3 is 2.76 bits per heavy atom. The summed E-state index contributed by atoms with van der Waals surface area (Å²) in [5, 5.41) is 14.4. The maximum absolute atomic E-state index is 14.0. The van der Waals surface area contributed by atoms with E-state index in [1.54, 1.807) is 16.8 Å². The lowest BCUT2D eigenvalue weighted by molar-refractivity contribution is 0.190. The molecule has 0 aliphatic carbocycles. The summed E-state index contributed by atoms with van der Waals surface area (Å²) in [6.07, 6.45) is -0.0412. The number of sulfone groups is 1. The molecule has 0 unspecified atom stereocenters. The lowest BCUT2D eigenvalue weighted by atomic mass is 10.1. The smallest absolute Gasteiger partial charge is 0.150 e. The van der Waals surface area contributed by atoms with Crippen molar-refractivity contribution in [2.75, 3.05) is 18.6 Å². The van der Waals surface area contributed by atoms with Crippen molar-refractivity contribution >= 4 is 9.84 Å². The molecule has 25 heavy (non-hydrogen) atoms. The number of fused-ring (bicyclic) bond motifs is 1. The highest BCUT2D eigenvalue weighted by Crippen LogP contribution is 2.21. The molecule has 2 aromatic rings. The van der Waals surface area contributed by atoms with Crippen molar-refractivity contribution in [1.82, 2.24) is 14.7 Å². The topological polar surface area (TPSA) is 75.4 Å². The molecule has 1 atom stereocenters. The number of benzene rings is 1. The molecule has 8 heteroatoms. The van der Waals surface area contributed by atoms with Crippen LogP contribution in [0.1, 0.15) is 28.6 Å². The molecule has 1 aliphatic rings. The van der Waals surface area contributed by atoms with Crippen LogP contribution in [0.5, 0.6) is 0 Å². The summed E-state index contributed by atoms with van der Waals surface area (Å²) in [4.78, 5) is 2.11. The van der Waals surface area contributed by atoms with Gasteiger partial charge in [-0.2, -0.15) is 5.10 Å². The number of nitrogens with zero attached hydrogens (tertiary/aromatic N) is 3. The highest BCUT2D eigenvalue weighted by atomic mass is 32.2. The first kappa shape index (κ1) is 18.0. The molecule has 0 radical (unpaired) electrons. The predicted octanol–water partition coefficient (Wildman–Crippen LogP) is 1.42. The number of hydrogen-bond donors (Lipinski definition) is 1. The summed E-state index contributed by atoms with van der Waals surface area (Å²) in [6.45, 7) is 4.26. The first-order valence-corrected chi connectivity index (χ1v) is 10.2. The van der Waals surface area contributed by atoms with Crippen LogP contribution in [-0.2, 0) is 29.5 Å². The van der Waals surface area contributed by atoms with Gasteiger partial charge in [0.05, 0.1) is 23.7 Å². The number of aromatic nitrogens is 2. The van der Waals surface area contributed by atoms with E-state index in [2.05, 4.69) is 10.00 Å². The zero-order valence-corrected chi connectivity index (χ0v) is 15.1. The van der Waals surface area contributed by atoms with Crippen molar-refractivity contribution < 1.29 is 17.9 Å². The van der Waals surface area contributed by atoms with Crippen molar-refractivity contribution in [3.63, 3.8) is 0 Å². The van der Waals surface area contributed by atoms with E-state index in [0.29, 0.717) is 37.4 Å². The van der Waals surface area contributed by atoms with Gasteiger partial charge in [0, 0.05) is 31.5 Å². The lowest BCUT2D eigenvalue weighted by Crippen LogP contribution is -2.33. The zero-order valence-electron chi connectivity index (χ0n) is 14.3. The summed E-state index contributed by atoms with van der Waals surface area (Å²) in [6, 6.07) is 6.96. The second-order valence-electron chi connectivity index (χ2n) is 6.70. The van der Waals surface area contributed by atoms with Gasteiger partial charge in [-0.1, -0.05) is 12.1 Å². The van der Waals surface area contributed by atoms with Crippen molar-refractivity contribution in [2.24, 2.45) is 0 Å². The second kappa shape index (κ2) is 6.86. The minimum atomic E-state index is -3.28. The van der Waals surface area contributed by atoms with E-state index >= 15 is 0 Å². The summed E-state index contributed by atoms with van der Waals surface area (Å²) in [7, 11) is -3.28. The number of aliphatic hydroxyl groups excluding tert-OH is 1. The maximum Gasteiger partial charge on any atom is 0.150 e. The Morgan fingerprint density at radius 2 is 2.08 bits per heavy atom. The van der Waals surface area contributed by atoms with Gasteiger partial charge in [-0.05, 0) is 24.6 Å². The van der Waals surface area contributed by atoms with Crippen molar-refractivity contribution in [3.05, 3.63) is 52.6 Å². The predicted molar refractivity (Wildman–Crippen MR) is 92.1 cm³/mol. The summed E-state index contributed by atoms with van der Waals surface area (Å²) < 4.78 is 38.5. The van der Waals surface area contributed by atoms with Crippen LogP contribution < -0.4 is 0 Å².